The Morgan fingerprint density at radius 2 is 1.73 bits per heavy atom. The predicted octanol–water partition coefficient (Wildman–Crippen LogP) is 2.50. The predicted molar refractivity (Wildman–Crippen MR) is 135 cm³/mol. The van der Waals surface area contributed by atoms with E-state index in [9.17, 15) is 20.1 Å². The number of cyclic esters (lactones) is 1. The molecular weight excluding hydrogens is 474 g/mol. The van der Waals surface area contributed by atoms with Crippen LogP contribution < -0.4 is 5.73 Å². The van der Waals surface area contributed by atoms with E-state index >= 15 is 0 Å². The Morgan fingerprint density at radius 1 is 0.973 bits per heavy atom. The van der Waals surface area contributed by atoms with Crippen LogP contribution in [0.2, 0.25) is 0 Å². The summed E-state index contributed by atoms with van der Waals surface area (Å²) in [4.78, 5) is 11.9. The lowest BCUT2D eigenvalue weighted by atomic mass is 9.43. The fraction of sp³-hybridized carbons (Fsp3) is 0.966. The summed E-state index contributed by atoms with van der Waals surface area (Å²) in [5.74, 6) is 1.83. The van der Waals surface area contributed by atoms with Crippen molar-refractivity contribution in [1.82, 2.24) is 0 Å². The zero-order valence-corrected chi connectivity index (χ0v) is 22.7. The Labute approximate surface area is 220 Å². The van der Waals surface area contributed by atoms with Crippen LogP contribution in [0.25, 0.3) is 0 Å². The van der Waals surface area contributed by atoms with E-state index < -0.39 is 36.2 Å². The number of esters is 1. The molecule has 210 valence electrons. The van der Waals surface area contributed by atoms with E-state index in [0.717, 1.165) is 57.8 Å². The fourth-order valence-electron chi connectivity index (χ4n) is 10.3. The van der Waals surface area contributed by atoms with Crippen LogP contribution >= 0.6 is 0 Å². The van der Waals surface area contributed by atoms with Gasteiger partial charge in [-0.1, -0.05) is 13.8 Å². The van der Waals surface area contributed by atoms with E-state index in [1.165, 1.54) is 0 Å². The zero-order chi connectivity index (χ0) is 26.3. The summed E-state index contributed by atoms with van der Waals surface area (Å²) in [6.07, 6.45) is 6.23. The van der Waals surface area contributed by atoms with Crippen LogP contribution in [0.4, 0.5) is 0 Å². The van der Waals surface area contributed by atoms with Crippen LogP contribution in [0.1, 0.15) is 85.0 Å². The van der Waals surface area contributed by atoms with Crippen LogP contribution in [0.3, 0.4) is 0 Å². The van der Waals surface area contributed by atoms with E-state index in [1.807, 2.05) is 0 Å². The van der Waals surface area contributed by atoms with Gasteiger partial charge in [0, 0.05) is 5.92 Å². The Kier molecular flexibility index (Phi) is 6.53. The molecule has 2 aliphatic heterocycles. The number of carbonyl (C=O) groups excluding carboxylic acids is 1. The third-order valence-corrected chi connectivity index (χ3v) is 12.6. The maximum atomic E-state index is 12.4. The summed E-state index contributed by atoms with van der Waals surface area (Å²) in [6.45, 7) is 7.04. The van der Waals surface area contributed by atoms with Gasteiger partial charge in [0.2, 0.25) is 0 Å². The average molecular weight is 522 g/mol. The monoisotopic (exact) mass is 521 g/mol. The molecule has 6 aliphatic rings. The minimum Gasteiger partial charge on any atom is -0.465 e. The summed E-state index contributed by atoms with van der Waals surface area (Å²) < 4.78 is 17.4. The molecule has 4 saturated carbocycles. The molecule has 0 unspecified atom stereocenters. The summed E-state index contributed by atoms with van der Waals surface area (Å²) in [6, 6.07) is -0.778. The van der Waals surface area contributed by atoms with Crippen molar-refractivity contribution < 1.29 is 34.3 Å². The van der Waals surface area contributed by atoms with Gasteiger partial charge < -0.3 is 35.3 Å². The quantitative estimate of drug-likeness (QED) is 0.329. The van der Waals surface area contributed by atoms with Gasteiger partial charge in [-0.2, -0.15) is 0 Å². The number of hydrogen-bond donors (Lipinski definition) is 4. The number of hydrogen-bond acceptors (Lipinski definition) is 8. The Balaban J connectivity index is 1.15. The third-order valence-electron chi connectivity index (χ3n) is 12.6. The first-order valence-corrected chi connectivity index (χ1v) is 14.8. The molecule has 0 radical (unpaired) electrons. The Bertz CT molecular complexity index is 901. The molecule has 2 heterocycles. The molecule has 5 N–H and O–H groups in total. The Hall–Kier alpha value is -0.770. The fourth-order valence-corrected chi connectivity index (χ4v) is 10.3. The lowest BCUT2D eigenvalue weighted by Crippen LogP contribution is -2.63. The second kappa shape index (κ2) is 9.13. The molecule has 0 spiro atoms. The normalized spacial score (nSPS) is 57.8. The van der Waals surface area contributed by atoms with Gasteiger partial charge in [-0.25, -0.2) is 0 Å². The molecule has 0 aromatic heterocycles. The maximum absolute atomic E-state index is 12.4. The minimum atomic E-state index is -1.05. The number of fused-ring (bicyclic) bond motifs is 5. The first kappa shape index (κ1) is 26.5. The molecule has 14 atom stereocenters. The highest BCUT2D eigenvalue weighted by molar-refractivity contribution is 5.71. The third kappa shape index (κ3) is 3.87. The van der Waals surface area contributed by atoms with E-state index in [2.05, 4.69) is 13.8 Å². The second-order valence-electron chi connectivity index (χ2n) is 14.0. The minimum absolute atomic E-state index is 0.00312. The maximum Gasteiger partial charge on any atom is 0.306 e. The molecule has 0 amide bonds. The lowest BCUT2D eigenvalue weighted by Gasteiger charge is -2.64. The molecule has 37 heavy (non-hydrogen) atoms. The largest absolute Gasteiger partial charge is 0.465 e. The number of carbonyl (C=O) groups is 1. The molecule has 8 nitrogen and oxygen atoms in total. The summed E-state index contributed by atoms with van der Waals surface area (Å²) in [5.41, 5.74) is 5.37. The molecule has 0 aromatic rings. The molecule has 8 heteroatoms. The number of rotatable bonds is 3. The van der Waals surface area contributed by atoms with Crippen LogP contribution in [0.15, 0.2) is 0 Å². The number of nitrogens with two attached hydrogens (primary N) is 1. The van der Waals surface area contributed by atoms with Crippen LogP contribution in [-0.4, -0.2) is 70.2 Å². The van der Waals surface area contributed by atoms with Crippen molar-refractivity contribution in [3.05, 3.63) is 0 Å². The van der Waals surface area contributed by atoms with Crippen molar-refractivity contribution in [2.45, 2.75) is 127 Å². The highest BCUT2D eigenvalue weighted by atomic mass is 16.7. The van der Waals surface area contributed by atoms with Gasteiger partial charge in [-0.3, -0.25) is 4.79 Å². The van der Waals surface area contributed by atoms with Gasteiger partial charge in [0.15, 0.2) is 6.29 Å². The number of ether oxygens (including phenoxy) is 3. The standard InChI is InChI=1S/C29H47NO7/c1-15-24(32)23(30)25(33)26(36-15)37-18-6-9-27(2)17(13-18)4-5-21-20(27)7-10-28(3)19(8-11-29(21,28)34)16-12-22(31)35-14-16/h15-21,23-26,32-34H,4-14,30H2,1-3H3/t15-,16-,17+,18-,19+,20-,21+,23+,24-,25+,26-,27-,28+,29-/m0/s1. The average Bonchev–Trinajstić information content (AvgIpc) is 3.41. The van der Waals surface area contributed by atoms with Crippen LogP contribution in [0, 0.1) is 40.4 Å². The zero-order valence-electron chi connectivity index (χ0n) is 22.7. The topological polar surface area (TPSA) is 131 Å². The SMILES string of the molecule is C[C@@H]1O[C@@H](O[C@H]2CC[C@@]3(C)[C@H](CC[C@@H]4[C@@H]3CC[C@]3(C)[C@@H]([C@@H]5COC(=O)C5)CC[C@]43O)C2)[C@H](O)[C@H](N)[C@H]1O. The molecule has 4 aliphatic carbocycles. The van der Waals surface area contributed by atoms with Crippen molar-refractivity contribution in [1.29, 1.82) is 0 Å². The second-order valence-corrected chi connectivity index (χ2v) is 14.0. The molecule has 0 bridgehead atoms. The molecule has 6 fully saturated rings. The number of aliphatic hydroxyl groups excluding tert-OH is 2. The molecule has 0 aromatic carbocycles. The van der Waals surface area contributed by atoms with Gasteiger partial charge in [-0.05, 0) is 99.2 Å². The van der Waals surface area contributed by atoms with Gasteiger partial charge >= 0.3 is 5.97 Å². The highest BCUT2D eigenvalue weighted by Crippen LogP contribution is 2.70. The van der Waals surface area contributed by atoms with Crippen molar-refractivity contribution >= 4 is 5.97 Å². The smallest absolute Gasteiger partial charge is 0.306 e. The van der Waals surface area contributed by atoms with Crippen molar-refractivity contribution in [3.8, 4) is 0 Å². The van der Waals surface area contributed by atoms with E-state index in [1.54, 1.807) is 6.92 Å². The molecule has 6 rings (SSSR count). The van der Waals surface area contributed by atoms with Crippen molar-refractivity contribution in [2.24, 2.45) is 46.2 Å². The first-order valence-electron chi connectivity index (χ1n) is 14.8. The van der Waals surface area contributed by atoms with Gasteiger partial charge in [0.05, 0.1) is 43.0 Å². The van der Waals surface area contributed by atoms with E-state index in [0.29, 0.717) is 36.7 Å². The Morgan fingerprint density at radius 3 is 2.46 bits per heavy atom. The summed E-state index contributed by atoms with van der Waals surface area (Å²) in [5, 5.41) is 33.1. The number of aliphatic hydroxyl groups is 3. The lowest BCUT2D eigenvalue weighted by molar-refractivity contribution is -0.289. The van der Waals surface area contributed by atoms with Crippen LogP contribution in [-0.2, 0) is 19.0 Å². The summed E-state index contributed by atoms with van der Waals surface area (Å²) >= 11 is 0. The highest BCUT2D eigenvalue weighted by Gasteiger charge is 2.68. The van der Waals surface area contributed by atoms with Crippen molar-refractivity contribution in [3.63, 3.8) is 0 Å². The first-order chi connectivity index (χ1) is 17.5. The van der Waals surface area contributed by atoms with Gasteiger partial charge in [0.1, 0.15) is 6.10 Å². The van der Waals surface area contributed by atoms with E-state index in [-0.39, 0.29) is 28.8 Å². The molecule has 2 saturated heterocycles. The van der Waals surface area contributed by atoms with Crippen molar-refractivity contribution in [2.75, 3.05) is 6.61 Å². The van der Waals surface area contributed by atoms with E-state index in [4.69, 9.17) is 19.9 Å². The summed E-state index contributed by atoms with van der Waals surface area (Å²) in [7, 11) is 0. The molecular formula is C29H47NO7. The van der Waals surface area contributed by atoms with Gasteiger partial charge in [0.25, 0.3) is 0 Å². The van der Waals surface area contributed by atoms with Crippen LogP contribution in [0.5, 0.6) is 0 Å². The van der Waals surface area contributed by atoms with Gasteiger partial charge in [-0.15, -0.1) is 0 Å².